The van der Waals surface area contributed by atoms with Gasteiger partial charge >= 0.3 is 0 Å². The molecule has 0 radical (unpaired) electrons. The molecular formula is C25H19ClN2O2S2. The van der Waals surface area contributed by atoms with Gasteiger partial charge in [0.25, 0.3) is 0 Å². The van der Waals surface area contributed by atoms with E-state index in [0.29, 0.717) is 38.5 Å². The van der Waals surface area contributed by atoms with E-state index in [9.17, 15) is 9.59 Å². The lowest BCUT2D eigenvalue weighted by Crippen LogP contribution is -2.11. The lowest BCUT2D eigenvalue weighted by molar-refractivity contribution is -0.115. The average molecular weight is 479 g/mol. The van der Waals surface area contributed by atoms with E-state index in [2.05, 4.69) is 10.3 Å². The number of benzene rings is 3. The Morgan fingerprint density at radius 1 is 0.906 bits per heavy atom. The second kappa shape index (κ2) is 10.6. The van der Waals surface area contributed by atoms with Crippen molar-refractivity contribution >= 4 is 51.5 Å². The van der Waals surface area contributed by atoms with E-state index >= 15 is 0 Å². The molecule has 4 aromatic rings. The van der Waals surface area contributed by atoms with E-state index in [4.69, 9.17) is 11.6 Å². The van der Waals surface area contributed by atoms with Crippen LogP contribution in [0.25, 0.3) is 11.3 Å². The second-order valence-corrected chi connectivity index (χ2v) is 9.46. The molecule has 0 bridgehead atoms. The fourth-order valence-corrected chi connectivity index (χ4v) is 4.96. The predicted octanol–water partition coefficient (Wildman–Crippen LogP) is 6.82. The van der Waals surface area contributed by atoms with Crippen LogP contribution in [0.2, 0.25) is 5.02 Å². The quantitative estimate of drug-likeness (QED) is 0.223. The first kappa shape index (κ1) is 22.3. The lowest BCUT2D eigenvalue weighted by Gasteiger charge is -2.02. The molecule has 32 heavy (non-hydrogen) atoms. The van der Waals surface area contributed by atoms with Crippen LogP contribution in [0, 0.1) is 0 Å². The monoisotopic (exact) mass is 478 g/mol. The van der Waals surface area contributed by atoms with Gasteiger partial charge in [0.15, 0.2) is 5.13 Å². The second-order valence-electron chi connectivity index (χ2n) is 6.86. The number of carbonyl (C=O) groups excluding carboxylic acids is 2. The van der Waals surface area contributed by atoms with E-state index in [0.717, 1.165) is 10.5 Å². The van der Waals surface area contributed by atoms with Gasteiger partial charge < -0.3 is 5.32 Å². The minimum atomic E-state index is -0.140. The van der Waals surface area contributed by atoms with Crippen molar-refractivity contribution in [1.29, 1.82) is 0 Å². The normalized spacial score (nSPS) is 10.7. The summed E-state index contributed by atoms with van der Waals surface area (Å²) in [6, 6.07) is 26.1. The molecule has 0 spiro atoms. The van der Waals surface area contributed by atoms with Crippen molar-refractivity contribution in [2.75, 3.05) is 11.1 Å². The third-order valence-corrected chi connectivity index (χ3v) is 6.81. The number of ketones is 1. The fraction of sp³-hybridized carbons (Fsp3) is 0.0800. The lowest BCUT2D eigenvalue weighted by atomic mass is 10.1. The van der Waals surface area contributed by atoms with Crippen LogP contribution in [-0.2, 0) is 4.79 Å². The maximum atomic E-state index is 13.1. The Morgan fingerprint density at radius 2 is 1.56 bits per heavy atom. The molecule has 0 unspecified atom stereocenters. The highest BCUT2D eigenvalue weighted by Crippen LogP contribution is 2.33. The van der Waals surface area contributed by atoms with E-state index in [1.807, 2.05) is 72.8 Å². The first-order valence-corrected chi connectivity index (χ1v) is 12.1. The number of hydrogen-bond donors (Lipinski definition) is 1. The van der Waals surface area contributed by atoms with Gasteiger partial charge in [-0.3, -0.25) is 9.59 Å². The number of halogens is 1. The smallest absolute Gasteiger partial charge is 0.226 e. The molecule has 0 saturated carbocycles. The van der Waals surface area contributed by atoms with Crippen LogP contribution in [-0.4, -0.2) is 22.4 Å². The standard InChI is InChI=1S/C25H19ClN2O2S2/c26-19-11-13-20(14-12-19)31-16-15-21(29)27-25-28-22(17-7-3-1-4-8-17)24(32-25)23(30)18-9-5-2-6-10-18/h1-14H,15-16H2,(H,27,28,29). The minimum Gasteiger partial charge on any atom is -0.302 e. The molecule has 0 aliphatic carbocycles. The Kier molecular flexibility index (Phi) is 7.37. The molecule has 1 heterocycles. The molecule has 7 heteroatoms. The number of anilines is 1. The van der Waals surface area contributed by atoms with E-state index in [-0.39, 0.29) is 11.7 Å². The Balaban J connectivity index is 1.49. The predicted molar refractivity (Wildman–Crippen MR) is 133 cm³/mol. The SMILES string of the molecule is O=C(CCSc1ccc(Cl)cc1)Nc1nc(-c2ccccc2)c(C(=O)c2ccccc2)s1. The number of hydrogen-bond acceptors (Lipinski definition) is 5. The highest BCUT2D eigenvalue weighted by molar-refractivity contribution is 7.99. The van der Waals surface area contributed by atoms with Crippen molar-refractivity contribution < 1.29 is 9.59 Å². The van der Waals surface area contributed by atoms with Crippen molar-refractivity contribution in [3.63, 3.8) is 0 Å². The van der Waals surface area contributed by atoms with Gasteiger partial charge in [-0.25, -0.2) is 4.98 Å². The molecule has 4 rings (SSSR count). The van der Waals surface area contributed by atoms with Crippen LogP contribution in [0.1, 0.15) is 21.7 Å². The van der Waals surface area contributed by atoms with Crippen LogP contribution < -0.4 is 5.32 Å². The molecule has 0 aliphatic heterocycles. The highest BCUT2D eigenvalue weighted by atomic mass is 35.5. The topological polar surface area (TPSA) is 59.1 Å². The number of nitrogens with one attached hydrogen (secondary N) is 1. The van der Waals surface area contributed by atoms with Gasteiger partial charge in [0, 0.05) is 33.2 Å². The summed E-state index contributed by atoms with van der Waals surface area (Å²) in [5, 5.41) is 3.96. The molecule has 0 atom stereocenters. The number of thioether (sulfide) groups is 1. The van der Waals surface area contributed by atoms with Crippen LogP contribution in [0.15, 0.2) is 89.8 Å². The summed E-state index contributed by atoms with van der Waals surface area (Å²) in [4.78, 5) is 31.8. The Morgan fingerprint density at radius 3 is 2.25 bits per heavy atom. The Labute approximate surface area is 199 Å². The van der Waals surface area contributed by atoms with Crippen LogP contribution in [0.4, 0.5) is 5.13 Å². The Hall–Kier alpha value is -2.93. The molecule has 0 saturated heterocycles. The van der Waals surface area contributed by atoms with Gasteiger partial charge in [-0.15, -0.1) is 11.8 Å². The molecule has 3 aromatic carbocycles. The van der Waals surface area contributed by atoms with Gasteiger partial charge in [-0.05, 0) is 24.3 Å². The maximum absolute atomic E-state index is 13.1. The highest BCUT2D eigenvalue weighted by Gasteiger charge is 2.21. The summed E-state index contributed by atoms with van der Waals surface area (Å²) < 4.78 is 0. The molecular weight excluding hydrogens is 460 g/mol. The van der Waals surface area contributed by atoms with Crippen molar-refractivity contribution in [1.82, 2.24) is 4.98 Å². The summed E-state index contributed by atoms with van der Waals surface area (Å²) in [6.45, 7) is 0. The molecule has 160 valence electrons. The summed E-state index contributed by atoms with van der Waals surface area (Å²) >= 11 is 8.69. The van der Waals surface area contributed by atoms with Gasteiger partial charge in [-0.2, -0.15) is 0 Å². The summed E-state index contributed by atoms with van der Waals surface area (Å²) in [6.07, 6.45) is 0.329. The first-order chi connectivity index (χ1) is 15.6. The number of thiazole rings is 1. The summed E-state index contributed by atoms with van der Waals surface area (Å²) in [5.41, 5.74) is 2.00. The average Bonchev–Trinajstić information content (AvgIpc) is 3.24. The third kappa shape index (κ3) is 5.65. The van der Waals surface area contributed by atoms with E-state index < -0.39 is 0 Å². The first-order valence-electron chi connectivity index (χ1n) is 9.94. The molecule has 0 fully saturated rings. The summed E-state index contributed by atoms with van der Waals surface area (Å²) in [5.74, 6) is 0.375. The van der Waals surface area contributed by atoms with Crippen LogP contribution in [0.5, 0.6) is 0 Å². The van der Waals surface area contributed by atoms with Gasteiger partial charge in [-0.1, -0.05) is 83.6 Å². The third-order valence-electron chi connectivity index (χ3n) is 4.57. The van der Waals surface area contributed by atoms with Crippen LogP contribution in [0.3, 0.4) is 0 Å². The van der Waals surface area contributed by atoms with Crippen molar-refractivity contribution in [2.24, 2.45) is 0 Å². The zero-order chi connectivity index (χ0) is 22.3. The Bertz CT molecular complexity index is 1210. The molecule has 1 N–H and O–H groups in total. The minimum absolute atomic E-state index is 0.110. The van der Waals surface area contributed by atoms with E-state index in [1.54, 1.807) is 23.9 Å². The number of carbonyl (C=O) groups is 2. The summed E-state index contributed by atoms with van der Waals surface area (Å²) in [7, 11) is 0. The van der Waals surface area contributed by atoms with E-state index in [1.165, 1.54) is 11.3 Å². The maximum Gasteiger partial charge on any atom is 0.226 e. The number of rotatable bonds is 8. The number of amides is 1. The zero-order valence-corrected chi connectivity index (χ0v) is 19.3. The molecule has 1 aromatic heterocycles. The largest absolute Gasteiger partial charge is 0.302 e. The van der Waals surface area contributed by atoms with Gasteiger partial charge in [0.2, 0.25) is 11.7 Å². The van der Waals surface area contributed by atoms with Crippen LogP contribution >= 0.6 is 34.7 Å². The van der Waals surface area contributed by atoms with Gasteiger partial charge in [0.05, 0.1) is 5.69 Å². The zero-order valence-electron chi connectivity index (χ0n) is 17.0. The number of aromatic nitrogens is 1. The van der Waals surface area contributed by atoms with Crippen molar-refractivity contribution in [3.8, 4) is 11.3 Å². The van der Waals surface area contributed by atoms with Crippen molar-refractivity contribution in [2.45, 2.75) is 11.3 Å². The van der Waals surface area contributed by atoms with Crippen molar-refractivity contribution in [3.05, 3.63) is 100 Å². The molecule has 4 nitrogen and oxygen atoms in total. The fourth-order valence-electron chi connectivity index (χ4n) is 3.01. The molecule has 0 aliphatic rings. The van der Waals surface area contributed by atoms with Gasteiger partial charge in [0.1, 0.15) is 4.88 Å². The number of nitrogens with zero attached hydrogens (tertiary/aromatic N) is 1. The molecule has 1 amide bonds.